The number of carbonyl (C=O) groups is 2. The zero-order chi connectivity index (χ0) is 17.5. The van der Waals surface area contributed by atoms with Crippen LogP contribution in [0.3, 0.4) is 0 Å². The van der Waals surface area contributed by atoms with Crippen molar-refractivity contribution in [2.75, 3.05) is 5.32 Å². The molecule has 0 heterocycles. The highest BCUT2D eigenvalue weighted by Gasteiger charge is 2.22. The molecule has 3 N–H and O–H groups in total. The van der Waals surface area contributed by atoms with E-state index in [1.54, 1.807) is 29.7 Å². The van der Waals surface area contributed by atoms with Crippen LogP contribution in [0, 0.1) is 5.92 Å². The van der Waals surface area contributed by atoms with Crippen LogP contribution < -0.4 is 10.8 Å². The molecule has 0 spiro atoms. The van der Waals surface area contributed by atoms with Crippen LogP contribution in [0.2, 0.25) is 0 Å². The van der Waals surface area contributed by atoms with Gasteiger partial charge in [0.1, 0.15) is 0 Å². The largest absolute Gasteiger partial charge is 0.326 e. The fraction of sp³-hybridized carbons (Fsp3) is 0.263. The lowest BCUT2D eigenvalue weighted by molar-refractivity contribution is -0.129. The van der Waals surface area contributed by atoms with Crippen LogP contribution in [0.1, 0.15) is 37.3 Å². The Kier molecular flexibility index (Phi) is 6.09. The molecule has 2 aromatic carbocycles. The minimum absolute atomic E-state index is 0.0297. The van der Waals surface area contributed by atoms with Crippen molar-refractivity contribution in [2.45, 2.75) is 26.2 Å². The molecular formula is C19H22N2O3. The summed E-state index contributed by atoms with van der Waals surface area (Å²) in [6.07, 6.45) is 0.774. The van der Waals surface area contributed by atoms with Gasteiger partial charge in [0.15, 0.2) is 0 Å². The monoisotopic (exact) mass is 326 g/mol. The molecule has 126 valence electrons. The van der Waals surface area contributed by atoms with E-state index in [1.165, 1.54) is 0 Å². The molecule has 24 heavy (non-hydrogen) atoms. The summed E-state index contributed by atoms with van der Waals surface area (Å²) in [5.74, 6) is -1.20. The Balaban J connectivity index is 2.23. The molecule has 0 saturated carbocycles. The van der Waals surface area contributed by atoms with E-state index in [1.807, 2.05) is 44.2 Å². The minimum Gasteiger partial charge on any atom is -0.326 e. The van der Waals surface area contributed by atoms with E-state index in [0.29, 0.717) is 5.69 Å². The van der Waals surface area contributed by atoms with Crippen molar-refractivity contribution < 1.29 is 14.8 Å². The molecule has 0 aliphatic rings. The molecule has 2 amide bonds. The molecule has 5 heteroatoms. The SMILES string of the molecule is CCC(C)C(=O)Nc1ccc(C(C(=O)NO)c2ccccc2)cc1. The number of carbonyl (C=O) groups excluding carboxylic acids is 2. The van der Waals surface area contributed by atoms with Crippen molar-refractivity contribution >= 4 is 17.5 Å². The van der Waals surface area contributed by atoms with Gasteiger partial charge in [-0.05, 0) is 29.7 Å². The van der Waals surface area contributed by atoms with Gasteiger partial charge < -0.3 is 5.32 Å². The van der Waals surface area contributed by atoms with Crippen molar-refractivity contribution in [3.8, 4) is 0 Å². The Hall–Kier alpha value is -2.66. The smallest absolute Gasteiger partial charge is 0.255 e. The van der Waals surface area contributed by atoms with Crippen LogP contribution in [0.15, 0.2) is 54.6 Å². The molecule has 0 fully saturated rings. The van der Waals surface area contributed by atoms with E-state index in [9.17, 15) is 9.59 Å². The summed E-state index contributed by atoms with van der Waals surface area (Å²) >= 11 is 0. The van der Waals surface area contributed by atoms with E-state index in [0.717, 1.165) is 17.5 Å². The highest BCUT2D eigenvalue weighted by atomic mass is 16.5. The second-order valence-corrected chi connectivity index (χ2v) is 5.74. The number of hydrogen-bond donors (Lipinski definition) is 3. The Morgan fingerprint density at radius 1 is 0.958 bits per heavy atom. The van der Waals surface area contributed by atoms with Gasteiger partial charge >= 0.3 is 0 Å². The van der Waals surface area contributed by atoms with E-state index in [4.69, 9.17) is 5.21 Å². The first-order valence-electron chi connectivity index (χ1n) is 7.96. The van der Waals surface area contributed by atoms with Gasteiger partial charge in [-0.15, -0.1) is 0 Å². The van der Waals surface area contributed by atoms with Crippen LogP contribution in [0.5, 0.6) is 0 Å². The number of anilines is 1. The molecule has 0 aliphatic heterocycles. The standard InChI is InChI=1S/C19H22N2O3/c1-3-13(2)18(22)20-16-11-9-15(10-12-16)17(19(23)21-24)14-7-5-4-6-8-14/h4-13,17,24H,3H2,1-2H3,(H,20,22)(H,21,23). The third-order valence-corrected chi connectivity index (χ3v) is 4.08. The zero-order valence-corrected chi connectivity index (χ0v) is 13.8. The number of rotatable bonds is 6. The van der Waals surface area contributed by atoms with Crippen LogP contribution in [0.4, 0.5) is 5.69 Å². The average Bonchev–Trinajstić information content (AvgIpc) is 2.63. The lowest BCUT2D eigenvalue weighted by atomic mass is 9.90. The van der Waals surface area contributed by atoms with Crippen molar-refractivity contribution in [3.63, 3.8) is 0 Å². The van der Waals surface area contributed by atoms with Gasteiger partial charge in [-0.3, -0.25) is 14.8 Å². The van der Waals surface area contributed by atoms with Crippen molar-refractivity contribution in [1.29, 1.82) is 0 Å². The number of benzene rings is 2. The van der Waals surface area contributed by atoms with Crippen LogP contribution in [-0.4, -0.2) is 17.0 Å². The zero-order valence-electron chi connectivity index (χ0n) is 13.8. The molecule has 2 aromatic rings. The van der Waals surface area contributed by atoms with Crippen LogP contribution in [0.25, 0.3) is 0 Å². The third kappa shape index (κ3) is 4.20. The third-order valence-electron chi connectivity index (χ3n) is 4.08. The first-order chi connectivity index (χ1) is 11.6. The quantitative estimate of drug-likeness (QED) is 0.563. The molecule has 0 saturated heterocycles. The molecule has 5 nitrogen and oxygen atoms in total. The number of hydroxylamine groups is 1. The highest BCUT2D eigenvalue weighted by molar-refractivity contribution is 5.92. The normalized spacial score (nSPS) is 13.0. The van der Waals surface area contributed by atoms with Crippen LogP contribution in [-0.2, 0) is 9.59 Å². The van der Waals surface area contributed by atoms with Crippen molar-refractivity contribution in [1.82, 2.24) is 5.48 Å². The van der Waals surface area contributed by atoms with Gasteiger partial charge in [0, 0.05) is 11.6 Å². The van der Waals surface area contributed by atoms with Gasteiger partial charge in [-0.25, -0.2) is 5.48 Å². The summed E-state index contributed by atoms with van der Waals surface area (Å²) in [4.78, 5) is 24.0. The molecule has 2 atom stereocenters. The highest BCUT2D eigenvalue weighted by Crippen LogP contribution is 2.26. The number of hydrogen-bond acceptors (Lipinski definition) is 3. The van der Waals surface area contributed by atoms with E-state index >= 15 is 0 Å². The lowest BCUT2D eigenvalue weighted by Gasteiger charge is -2.17. The average molecular weight is 326 g/mol. The number of amides is 2. The fourth-order valence-corrected chi connectivity index (χ4v) is 2.41. The van der Waals surface area contributed by atoms with Crippen molar-refractivity contribution in [3.05, 3.63) is 65.7 Å². The Morgan fingerprint density at radius 2 is 1.54 bits per heavy atom. The van der Waals surface area contributed by atoms with E-state index in [-0.39, 0.29) is 11.8 Å². The second kappa shape index (κ2) is 8.26. The van der Waals surface area contributed by atoms with Crippen LogP contribution >= 0.6 is 0 Å². The molecule has 0 aliphatic carbocycles. The maximum Gasteiger partial charge on any atom is 0.255 e. The van der Waals surface area contributed by atoms with Gasteiger partial charge in [-0.2, -0.15) is 0 Å². The Morgan fingerprint density at radius 3 is 2.08 bits per heavy atom. The van der Waals surface area contributed by atoms with E-state index in [2.05, 4.69) is 5.32 Å². The predicted molar refractivity (Wildman–Crippen MR) is 92.7 cm³/mol. The summed E-state index contributed by atoms with van der Waals surface area (Å²) in [7, 11) is 0. The molecule has 2 rings (SSSR count). The second-order valence-electron chi connectivity index (χ2n) is 5.74. The maximum atomic E-state index is 12.1. The van der Waals surface area contributed by atoms with Crippen molar-refractivity contribution in [2.24, 2.45) is 5.92 Å². The first-order valence-corrected chi connectivity index (χ1v) is 7.96. The summed E-state index contributed by atoms with van der Waals surface area (Å²) < 4.78 is 0. The molecule has 0 aromatic heterocycles. The predicted octanol–water partition coefficient (Wildman–Crippen LogP) is 3.31. The van der Waals surface area contributed by atoms with Gasteiger partial charge in [-0.1, -0.05) is 56.3 Å². The lowest BCUT2D eigenvalue weighted by Crippen LogP contribution is -2.27. The molecule has 0 bridgehead atoms. The minimum atomic E-state index is -0.615. The number of nitrogens with one attached hydrogen (secondary N) is 2. The van der Waals surface area contributed by atoms with Gasteiger partial charge in [0.25, 0.3) is 5.91 Å². The molecule has 0 radical (unpaired) electrons. The molecular weight excluding hydrogens is 304 g/mol. The van der Waals surface area contributed by atoms with Gasteiger partial charge in [0.2, 0.25) is 5.91 Å². The Bertz CT molecular complexity index is 684. The summed E-state index contributed by atoms with van der Waals surface area (Å²) in [6, 6.07) is 16.3. The van der Waals surface area contributed by atoms with E-state index < -0.39 is 11.8 Å². The summed E-state index contributed by atoms with van der Waals surface area (Å²) in [5, 5.41) is 11.9. The topological polar surface area (TPSA) is 78.4 Å². The summed E-state index contributed by atoms with van der Waals surface area (Å²) in [5.41, 5.74) is 3.91. The maximum absolute atomic E-state index is 12.1. The van der Waals surface area contributed by atoms with Gasteiger partial charge in [0.05, 0.1) is 5.92 Å². The Labute approximate surface area is 141 Å². The first kappa shape index (κ1) is 17.7. The summed E-state index contributed by atoms with van der Waals surface area (Å²) in [6.45, 7) is 3.84. The fourth-order valence-electron chi connectivity index (χ4n) is 2.41. The molecule has 2 unspecified atom stereocenters.